The Morgan fingerprint density at radius 2 is 1.60 bits per heavy atom. The summed E-state index contributed by atoms with van der Waals surface area (Å²) in [6.45, 7) is -0.159. The number of hydrogen-bond acceptors (Lipinski definition) is 6. The third-order valence-corrected chi connectivity index (χ3v) is 2.30. The highest BCUT2D eigenvalue weighted by Crippen LogP contribution is 2.01. The number of rotatable bonds is 8. The lowest BCUT2D eigenvalue weighted by Gasteiger charge is -2.06. The molecule has 0 saturated heterocycles. The first-order chi connectivity index (χ1) is 9.63. The van der Waals surface area contributed by atoms with Gasteiger partial charge in [-0.3, -0.25) is 14.4 Å². The molecule has 6 heteroatoms. The van der Waals surface area contributed by atoms with Crippen molar-refractivity contribution in [3.63, 3.8) is 0 Å². The van der Waals surface area contributed by atoms with E-state index in [9.17, 15) is 19.2 Å². The van der Waals surface area contributed by atoms with Gasteiger partial charge in [-0.1, -0.05) is 18.2 Å². The standard InChI is InChI=1S/C14H14O6/c15-10-12(16)6-7-13(17)19-8-9-20-14(18)11-4-2-1-3-5-11/h1-5,10H,6-9H2. The molecule has 1 rings (SSSR count). The quantitative estimate of drug-likeness (QED) is 0.304. The second kappa shape index (κ2) is 8.58. The minimum atomic E-state index is -0.655. The van der Waals surface area contributed by atoms with Crippen LogP contribution in [-0.4, -0.2) is 37.2 Å². The first-order valence-electron chi connectivity index (χ1n) is 5.99. The average Bonchev–Trinajstić information content (AvgIpc) is 2.49. The van der Waals surface area contributed by atoms with Crippen LogP contribution in [0.2, 0.25) is 0 Å². The monoisotopic (exact) mass is 278 g/mol. The third-order valence-electron chi connectivity index (χ3n) is 2.30. The number of Topliss-reactive ketones (excluding diaryl/α,β-unsaturated/α-hetero) is 1. The predicted molar refractivity (Wildman–Crippen MR) is 68.0 cm³/mol. The minimum Gasteiger partial charge on any atom is -0.462 e. The molecule has 0 unspecified atom stereocenters. The number of ketones is 1. The van der Waals surface area contributed by atoms with E-state index in [0.29, 0.717) is 5.56 Å². The van der Waals surface area contributed by atoms with Crippen LogP contribution in [0.25, 0.3) is 0 Å². The van der Waals surface area contributed by atoms with Gasteiger partial charge in [0.15, 0.2) is 12.1 Å². The summed E-state index contributed by atoms with van der Waals surface area (Å²) in [5.74, 6) is -1.77. The zero-order chi connectivity index (χ0) is 14.8. The smallest absolute Gasteiger partial charge is 0.338 e. The lowest BCUT2D eigenvalue weighted by Crippen LogP contribution is -2.14. The molecule has 0 fully saturated rings. The number of aldehydes is 1. The van der Waals surface area contributed by atoms with Crippen molar-refractivity contribution in [1.29, 1.82) is 0 Å². The second-order valence-electron chi connectivity index (χ2n) is 3.81. The van der Waals surface area contributed by atoms with E-state index in [2.05, 4.69) is 0 Å². The molecule has 0 spiro atoms. The van der Waals surface area contributed by atoms with Gasteiger partial charge in [-0.2, -0.15) is 0 Å². The zero-order valence-electron chi connectivity index (χ0n) is 10.7. The molecule has 1 aromatic rings. The van der Waals surface area contributed by atoms with E-state index in [-0.39, 0.29) is 32.3 Å². The molecule has 0 saturated carbocycles. The first kappa shape index (κ1) is 15.6. The molecular weight excluding hydrogens is 264 g/mol. The van der Waals surface area contributed by atoms with Crippen molar-refractivity contribution >= 4 is 24.0 Å². The Hall–Kier alpha value is -2.50. The van der Waals surface area contributed by atoms with Gasteiger partial charge in [0.25, 0.3) is 0 Å². The van der Waals surface area contributed by atoms with Crippen LogP contribution in [-0.2, 0) is 23.9 Å². The minimum absolute atomic E-state index is 0.0684. The van der Waals surface area contributed by atoms with Crippen molar-refractivity contribution in [1.82, 2.24) is 0 Å². The number of benzene rings is 1. The van der Waals surface area contributed by atoms with E-state index in [4.69, 9.17) is 9.47 Å². The van der Waals surface area contributed by atoms with Crippen molar-refractivity contribution in [3.8, 4) is 0 Å². The summed E-state index contributed by atoms with van der Waals surface area (Å²) in [5.41, 5.74) is 0.412. The number of hydrogen-bond donors (Lipinski definition) is 0. The van der Waals surface area contributed by atoms with Gasteiger partial charge in [-0.05, 0) is 12.1 Å². The highest BCUT2D eigenvalue weighted by atomic mass is 16.6. The van der Waals surface area contributed by atoms with Gasteiger partial charge < -0.3 is 9.47 Å². The number of carbonyl (C=O) groups is 4. The molecule has 0 aliphatic heterocycles. The molecule has 0 radical (unpaired) electrons. The van der Waals surface area contributed by atoms with Crippen molar-refractivity contribution < 1.29 is 28.7 Å². The molecular formula is C14H14O6. The van der Waals surface area contributed by atoms with Crippen LogP contribution in [0.5, 0.6) is 0 Å². The van der Waals surface area contributed by atoms with E-state index in [1.807, 2.05) is 0 Å². The normalized spacial score (nSPS) is 9.60. The van der Waals surface area contributed by atoms with Gasteiger partial charge in [0.05, 0.1) is 12.0 Å². The Bertz CT molecular complexity index is 480. The molecule has 0 heterocycles. The van der Waals surface area contributed by atoms with E-state index in [1.165, 1.54) is 0 Å². The van der Waals surface area contributed by atoms with Crippen LogP contribution in [0.15, 0.2) is 30.3 Å². The highest BCUT2D eigenvalue weighted by molar-refractivity contribution is 6.25. The number of carbonyl (C=O) groups excluding carboxylic acids is 4. The molecule has 0 aliphatic carbocycles. The van der Waals surface area contributed by atoms with Crippen LogP contribution in [0.1, 0.15) is 23.2 Å². The van der Waals surface area contributed by atoms with E-state index in [1.54, 1.807) is 30.3 Å². The summed E-state index contributed by atoms with van der Waals surface area (Å²) in [7, 11) is 0. The van der Waals surface area contributed by atoms with Crippen molar-refractivity contribution in [2.24, 2.45) is 0 Å². The number of ether oxygens (including phenoxy) is 2. The molecule has 0 aromatic heterocycles. The van der Waals surface area contributed by atoms with E-state index >= 15 is 0 Å². The summed E-state index contributed by atoms with van der Waals surface area (Å²) >= 11 is 0. The van der Waals surface area contributed by atoms with Crippen LogP contribution in [0, 0.1) is 0 Å². The fourth-order valence-electron chi connectivity index (χ4n) is 1.30. The summed E-state index contributed by atoms with van der Waals surface area (Å²) in [5, 5.41) is 0. The van der Waals surface area contributed by atoms with Crippen molar-refractivity contribution in [3.05, 3.63) is 35.9 Å². The van der Waals surface area contributed by atoms with Crippen LogP contribution in [0.4, 0.5) is 0 Å². The molecule has 106 valence electrons. The van der Waals surface area contributed by atoms with Gasteiger partial charge in [0.2, 0.25) is 0 Å². The lowest BCUT2D eigenvalue weighted by molar-refractivity contribution is -0.146. The van der Waals surface area contributed by atoms with Gasteiger partial charge in [0.1, 0.15) is 13.2 Å². The molecule has 20 heavy (non-hydrogen) atoms. The molecule has 0 aliphatic rings. The SMILES string of the molecule is O=CC(=O)CCC(=O)OCCOC(=O)c1ccccc1. The average molecular weight is 278 g/mol. The first-order valence-corrected chi connectivity index (χ1v) is 5.99. The van der Waals surface area contributed by atoms with Gasteiger partial charge in [-0.25, -0.2) is 4.79 Å². The molecule has 0 N–H and O–H groups in total. The van der Waals surface area contributed by atoms with E-state index < -0.39 is 17.7 Å². The fraction of sp³-hybridized carbons (Fsp3) is 0.286. The largest absolute Gasteiger partial charge is 0.462 e. The van der Waals surface area contributed by atoms with Crippen molar-refractivity contribution in [2.45, 2.75) is 12.8 Å². The Balaban J connectivity index is 2.15. The fourth-order valence-corrected chi connectivity index (χ4v) is 1.30. The zero-order valence-corrected chi connectivity index (χ0v) is 10.7. The van der Waals surface area contributed by atoms with Gasteiger partial charge in [0, 0.05) is 6.42 Å². The summed E-state index contributed by atoms with van der Waals surface area (Å²) in [6.07, 6.45) is -0.175. The van der Waals surface area contributed by atoms with Crippen molar-refractivity contribution in [2.75, 3.05) is 13.2 Å². The van der Waals surface area contributed by atoms with Crippen LogP contribution in [0.3, 0.4) is 0 Å². The molecule has 0 bridgehead atoms. The maximum absolute atomic E-state index is 11.5. The molecule has 6 nitrogen and oxygen atoms in total. The van der Waals surface area contributed by atoms with Gasteiger partial charge >= 0.3 is 11.9 Å². The summed E-state index contributed by atoms with van der Waals surface area (Å²) < 4.78 is 9.62. The van der Waals surface area contributed by atoms with Gasteiger partial charge in [-0.15, -0.1) is 0 Å². The molecule has 1 aromatic carbocycles. The number of esters is 2. The second-order valence-corrected chi connectivity index (χ2v) is 3.81. The Kier molecular flexibility index (Phi) is 6.67. The highest BCUT2D eigenvalue weighted by Gasteiger charge is 2.08. The molecule has 0 amide bonds. The van der Waals surface area contributed by atoms with Crippen LogP contribution < -0.4 is 0 Å². The topological polar surface area (TPSA) is 86.7 Å². The Labute approximate surface area is 115 Å². The Morgan fingerprint density at radius 1 is 0.950 bits per heavy atom. The maximum Gasteiger partial charge on any atom is 0.338 e. The van der Waals surface area contributed by atoms with E-state index in [0.717, 1.165) is 0 Å². The maximum atomic E-state index is 11.5. The predicted octanol–water partition coefficient (Wildman–Crippen LogP) is 0.935. The third kappa shape index (κ3) is 5.90. The molecule has 0 atom stereocenters. The summed E-state index contributed by atoms with van der Waals surface area (Å²) in [6, 6.07) is 8.42. The summed E-state index contributed by atoms with van der Waals surface area (Å²) in [4.78, 5) is 43.3. The van der Waals surface area contributed by atoms with Crippen LogP contribution >= 0.6 is 0 Å². The lowest BCUT2D eigenvalue weighted by atomic mass is 10.2. The Morgan fingerprint density at radius 3 is 2.25 bits per heavy atom.